The summed E-state index contributed by atoms with van der Waals surface area (Å²) in [6, 6.07) is 15.1. The van der Waals surface area contributed by atoms with Crippen molar-refractivity contribution in [3.63, 3.8) is 0 Å². The number of nitrogens with one attached hydrogen (secondary N) is 1. The van der Waals surface area contributed by atoms with Gasteiger partial charge in [-0.1, -0.05) is 30.3 Å². The van der Waals surface area contributed by atoms with Gasteiger partial charge in [-0.2, -0.15) is 0 Å². The molecule has 0 amide bonds. The Kier molecular flexibility index (Phi) is 4.02. The lowest BCUT2D eigenvalue weighted by atomic mass is 9.89. The Labute approximate surface area is 125 Å². The number of aryl methyl sites for hydroxylation is 1. The molecule has 3 aromatic rings. The molecule has 0 bridgehead atoms. The lowest BCUT2D eigenvalue weighted by Gasteiger charge is -2.18. The van der Waals surface area contributed by atoms with Crippen LogP contribution in [0.15, 0.2) is 54.9 Å². The van der Waals surface area contributed by atoms with Gasteiger partial charge in [0, 0.05) is 30.7 Å². The number of hydrogen-bond donors (Lipinski definition) is 1. The number of rotatable bonds is 5. The Balaban J connectivity index is 2.01. The van der Waals surface area contributed by atoms with Gasteiger partial charge in [0.2, 0.25) is 0 Å². The fourth-order valence-electron chi connectivity index (χ4n) is 2.86. The molecule has 0 fully saturated rings. The van der Waals surface area contributed by atoms with E-state index in [1.54, 1.807) is 0 Å². The van der Waals surface area contributed by atoms with Crippen LogP contribution in [0.2, 0.25) is 0 Å². The van der Waals surface area contributed by atoms with E-state index in [2.05, 4.69) is 63.5 Å². The summed E-state index contributed by atoms with van der Waals surface area (Å²) in [5, 5.41) is 4.46. The number of fused-ring (bicyclic) bond motifs is 1. The lowest BCUT2D eigenvalue weighted by molar-refractivity contribution is 0.660. The second-order valence-electron chi connectivity index (χ2n) is 5.46. The van der Waals surface area contributed by atoms with Gasteiger partial charge in [0.1, 0.15) is 5.65 Å². The topological polar surface area (TPSA) is 29.9 Å². The van der Waals surface area contributed by atoms with E-state index in [1.165, 1.54) is 16.5 Å². The molecule has 0 aliphatic rings. The summed E-state index contributed by atoms with van der Waals surface area (Å²) in [6.07, 6.45) is 5.16. The van der Waals surface area contributed by atoms with Gasteiger partial charge in [-0.05, 0) is 43.3 Å². The fourth-order valence-corrected chi connectivity index (χ4v) is 2.86. The van der Waals surface area contributed by atoms with E-state index in [-0.39, 0.29) is 0 Å². The molecule has 0 aliphatic heterocycles. The van der Waals surface area contributed by atoms with Crippen molar-refractivity contribution in [2.24, 2.45) is 7.05 Å². The third-order valence-electron chi connectivity index (χ3n) is 4.02. The molecule has 0 saturated carbocycles. The molecule has 1 atom stereocenters. The van der Waals surface area contributed by atoms with Crippen LogP contribution in [0, 0.1) is 0 Å². The Morgan fingerprint density at radius 3 is 2.71 bits per heavy atom. The molecule has 0 saturated heterocycles. The number of pyridine rings is 1. The van der Waals surface area contributed by atoms with Gasteiger partial charge in [-0.25, -0.2) is 4.98 Å². The maximum atomic E-state index is 4.64. The molecule has 2 heterocycles. The summed E-state index contributed by atoms with van der Waals surface area (Å²) in [7, 11) is 4.03. The van der Waals surface area contributed by atoms with Crippen molar-refractivity contribution in [3.8, 4) is 0 Å². The molecule has 0 aliphatic carbocycles. The number of hydrogen-bond acceptors (Lipinski definition) is 2. The minimum atomic E-state index is 0.385. The Bertz CT molecular complexity index is 716. The second kappa shape index (κ2) is 6.10. The SMILES string of the molecule is CNCCC(c1ccccc1)c1cnc2c(ccn2C)c1. The summed E-state index contributed by atoms with van der Waals surface area (Å²) < 4.78 is 2.06. The number of nitrogens with zero attached hydrogens (tertiary/aromatic N) is 2. The van der Waals surface area contributed by atoms with E-state index in [0.29, 0.717) is 5.92 Å². The van der Waals surface area contributed by atoms with Crippen LogP contribution in [0.4, 0.5) is 0 Å². The van der Waals surface area contributed by atoms with Crippen molar-refractivity contribution in [1.29, 1.82) is 0 Å². The standard InChI is InChI=1S/C18H21N3/c1-19-10-8-17(14-6-4-3-5-7-14)16-12-15-9-11-21(2)18(15)20-13-16/h3-7,9,11-13,17,19H,8,10H2,1-2H3. The van der Waals surface area contributed by atoms with E-state index in [1.807, 2.05) is 20.3 Å². The highest BCUT2D eigenvalue weighted by molar-refractivity contribution is 5.76. The lowest BCUT2D eigenvalue weighted by Crippen LogP contribution is -2.13. The number of aromatic nitrogens is 2. The molecule has 1 unspecified atom stereocenters. The third kappa shape index (κ3) is 2.83. The molecule has 108 valence electrons. The van der Waals surface area contributed by atoms with Crippen molar-refractivity contribution in [2.45, 2.75) is 12.3 Å². The van der Waals surface area contributed by atoms with Crippen molar-refractivity contribution in [3.05, 3.63) is 66.0 Å². The summed E-state index contributed by atoms with van der Waals surface area (Å²) >= 11 is 0. The highest BCUT2D eigenvalue weighted by atomic mass is 15.0. The van der Waals surface area contributed by atoms with Gasteiger partial charge in [0.05, 0.1) is 0 Å². The molecule has 0 spiro atoms. The van der Waals surface area contributed by atoms with Crippen molar-refractivity contribution >= 4 is 11.0 Å². The molecular weight excluding hydrogens is 258 g/mol. The van der Waals surface area contributed by atoms with Crippen LogP contribution in [0.25, 0.3) is 11.0 Å². The molecule has 21 heavy (non-hydrogen) atoms. The predicted octanol–water partition coefficient (Wildman–Crippen LogP) is 3.31. The number of benzene rings is 1. The minimum absolute atomic E-state index is 0.385. The summed E-state index contributed by atoms with van der Waals surface area (Å²) in [4.78, 5) is 4.64. The van der Waals surface area contributed by atoms with Gasteiger partial charge in [0.15, 0.2) is 0 Å². The predicted molar refractivity (Wildman–Crippen MR) is 87.5 cm³/mol. The molecule has 0 radical (unpaired) electrons. The van der Waals surface area contributed by atoms with E-state index >= 15 is 0 Å². The molecule has 3 nitrogen and oxygen atoms in total. The zero-order chi connectivity index (χ0) is 14.7. The third-order valence-corrected chi connectivity index (χ3v) is 4.02. The van der Waals surface area contributed by atoms with Crippen molar-refractivity contribution in [2.75, 3.05) is 13.6 Å². The highest BCUT2D eigenvalue weighted by Gasteiger charge is 2.15. The first-order chi connectivity index (χ1) is 10.3. The molecule has 2 aromatic heterocycles. The normalized spacial score (nSPS) is 12.7. The summed E-state index contributed by atoms with van der Waals surface area (Å²) in [5.41, 5.74) is 3.68. The van der Waals surface area contributed by atoms with Crippen LogP contribution in [0.1, 0.15) is 23.5 Å². The zero-order valence-corrected chi connectivity index (χ0v) is 12.6. The molecule has 1 N–H and O–H groups in total. The van der Waals surface area contributed by atoms with Crippen LogP contribution in [-0.4, -0.2) is 23.1 Å². The Hall–Kier alpha value is -2.13. The van der Waals surface area contributed by atoms with Gasteiger partial charge in [-0.3, -0.25) is 0 Å². The van der Waals surface area contributed by atoms with E-state index in [4.69, 9.17) is 0 Å². The largest absolute Gasteiger partial charge is 0.336 e. The molecular formula is C18H21N3. The van der Waals surface area contributed by atoms with Crippen LogP contribution < -0.4 is 5.32 Å². The Morgan fingerprint density at radius 2 is 1.95 bits per heavy atom. The van der Waals surface area contributed by atoms with Crippen LogP contribution in [0.3, 0.4) is 0 Å². The molecule has 3 rings (SSSR count). The zero-order valence-electron chi connectivity index (χ0n) is 12.6. The van der Waals surface area contributed by atoms with Crippen LogP contribution >= 0.6 is 0 Å². The van der Waals surface area contributed by atoms with Crippen LogP contribution in [-0.2, 0) is 7.05 Å². The fraction of sp³-hybridized carbons (Fsp3) is 0.278. The van der Waals surface area contributed by atoms with Gasteiger partial charge in [-0.15, -0.1) is 0 Å². The second-order valence-corrected chi connectivity index (χ2v) is 5.46. The van der Waals surface area contributed by atoms with Crippen molar-refractivity contribution in [1.82, 2.24) is 14.9 Å². The van der Waals surface area contributed by atoms with Gasteiger partial charge in [0.25, 0.3) is 0 Å². The summed E-state index contributed by atoms with van der Waals surface area (Å²) in [5.74, 6) is 0.385. The van der Waals surface area contributed by atoms with E-state index in [9.17, 15) is 0 Å². The smallest absolute Gasteiger partial charge is 0.139 e. The van der Waals surface area contributed by atoms with Gasteiger partial charge < -0.3 is 9.88 Å². The molecule has 1 aromatic carbocycles. The first-order valence-electron chi connectivity index (χ1n) is 7.40. The minimum Gasteiger partial charge on any atom is -0.336 e. The average molecular weight is 279 g/mol. The van der Waals surface area contributed by atoms with Crippen molar-refractivity contribution < 1.29 is 0 Å². The first kappa shape index (κ1) is 13.8. The highest BCUT2D eigenvalue weighted by Crippen LogP contribution is 2.29. The van der Waals surface area contributed by atoms with Gasteiger partial charge >= 0.3 is 0 Å². The quantitative estimate of drug-likeness (QED) is 0.776. The van der Waals surface area contributed by atoms with E-state index in [0.717, 1.165) is 18.6 Å². The maximum absolute atomic E-state index is 4.64. The summed E-state index contributed by atoms with van der Waals surface area (Å²) in [6.45, 7) is 0.992. The first-order valence-corrected chi connectivity index (χ1v) is 7.40. The van der Waals surface area contributed by atoms with Crippen LogP contribution in [0.5, 0.6) is 0 Å². The Morgan fingerprint density at radius 1 is 1.14 bits per heavy atom. The van der Waals surface area contributed by atoms with E-state index < -0.39 is 0 Å². The maximum Gasteiger partial charge on any atom is 0.139 e. The molecule has 3 heteroatoms. The average Bonchev–Trinajstić information content (AvgIpc) is 2.90. The monoisotopic (exact) mass is 279 g/mol.